The summed E-state index contributed by atoms with van der Waals surface area (Å²) in [5.74, 6) is 1.61. The Labute approximate surface area is 337 Å². The summed E-state index contributed by atoms with van der Waals surface area (Å²) in [7, 11) is 1.35. The number of morpholine rings is 1. The van der Waals surface area contributed by atoms with E-state index in [1.807, 2.05) is 66.5 Å². The molecule has 2 aliphatic heterocycles. The van der Waals surface area contributed by atoms with Crippen LogP contribution in [-0.4, -0.2) is 88.0 Å². The van der Waals surface area contributed by atoms with Crippen molar-refractivity contribution in [3.8, 4) is 33.6 Å². The number of likely N-dealkylation sites (tertiary alicyclic amines) is 1. The molecule has 8 rings (SSSR count). The molecule has 0 saturated carbocycles. The molecule has 4 aromatic carbocycles. The Balaban J connectivity index is 0.922. The number of nitrogens with two attached hydrogens (primary N) is 1. The smallest absolute Gasteiger partial charge is 0.407 e. The molecule has 2 aliphatic rings. The number of benzene rings is 4. The van der Waals surface area contributed by atoms with Gasteiger partial charge in [0.2, 0.25) is 5.91 Å². The summed E-state index contributed by atoms with van der Waals surface area (Å²) in [6.45, 7) is 6.57. The van der Waals surface area contributed by atoms with Crippen LogP contribution in [0.2, 0.25) is 0 Å². The Bertz CT molecular complexity index is 2340. The molecule has 0 bridgehead atoms. The fourth-order valence-electron chi connectivity index (χ4n) is 7.78. The van der Waals surface area contributed by atoms with E-state index in [0.29, 0.717) is 32.9 Å². The lowest BCUT2D eigenvalue weighted by Gasteiger charge is -2.34. The molecule has 300 valence electrons. The number of hydroxylamine groups is 2. The third-order valence-corrected chi connectivity index (χ3v) is 11.3. The normalized spacial score (nSPS) is 18.4. The summed E-state index contributed by atoms with van der Waals surface area (Å²) in [5.41, 5.74) is 13.3. The first kappa shape index (κ1) is 39.0. The van der Waals surface area contributed by atoms with E-state index >= 15 is 0 Å². The molecule has 6 aromatic rings. The standard InChI is InChI=1S/C45H50N8O5/c1-28(2)38(51-45(55)56-3)26-58-53-20-21-57-27-40(53)43-48-25-37(50-43)35-18-17-33-22-32(15-16-34(33)23-35)29-11-13-30(14-12-29)36-24-47-42(49-36)39-10-7-19-52(39)44(54)41(46)31-8-5-4-6-9-31/h4-6,8-9,11-18,22-25,28,38-41H,7,10,19-21,26-27,46H2,1-3H3,(H,47,49)(H,48,50)(H,51,55)/t38-,39+,40+,41-/m1/s1. The minimum absolute atomic E-state index is 0.0779. The van der Waals surface area contributed by atoms with Gasteiger partial charge in [-0.25, -0.2) is 14.8 Å². The van der Waals surface area contributed by atoms with Crippen LogP contribution in [0.4, 0.5) is 4.79 Å². The van der Waals surface area contributed by atoms with Crippen molar-refractivity contribution in [2.24, 2.45) is 11.7 Å². The van der Waals surface area contributed by atoms with Gasteiger partial charge in [-0.1, -0.05) is 92.7 Å². The van der Waals surface area contributed by atoms with E-state index in [1.54, 1.807) is 0 Å². The molecule has 4 heterocycles. The van der Waals surface area contributed by atoms with Gasteiger partial charge in [-0.15, -0.1) is 0 Å². The summed E-state index contributed by atoms with van der Waals surface area (Å²) in [5, 5.41) is 6.99. The van der Waals surface area contributed by atoms with E-state index in [4.69, 9.17) is 30.0 Å². The zero-order chi connectivity index (χ0) is 40.2. The van der Waals surface area contributed by atoms with Crippen LogP contribution in [-0.2, 0) is 19.1 Å². The lowest BCUT2D eigenvalue weighted by atomic mass is 9.98. The molecule has 0 spiro atoms. The molecule has 2 aromatic heterocycles. The second-order valence-corrected chi connectivity index (χ2v) is 15.3. The van der Waals surface area contributed by atoms with Crippen molar-refractivity contribution >= 4 is 22.8 Å². The van der Waals surface area contributed by atoms with E-state index in [0.717, 1.165) is 74.5 Å². The molecule has 13 nitrogen and oxygen atoms in total. The molecule has 13 heteroatoms. The predicted octanol–water partition coefficient (Wildman–Crippen LogP) is 7.34. The molecule has 4 atom stereocenters. The number of aromatic amines is 2. The molecule has 2 saturated heterocycles. The molecule has 2 amide bonds. The highest BCUT2D eigenvalue weighted by Crippen LogP contribution is 2.35. The largest absolute Gasteiger partial charge is 0.453 e. The second kappa shape index (κ2) is 17.3. The summed E-state index contributed by atoms with van der Waals surface area (Å²) in [6, 6.07) is 29.6. The number of ether oxygens (including phenoxy) is 2. The molecule has 5 N–H and O–H groups in total. The summed E-state index contributed by atoms with van der Waals surface area (Å²) < 4.78 is 10.6. The number of fused-ring (bicyclic) bond motifs is 1. The van der Waals surface area contributed by atoms with Crippen LogP contribution in [0.3, 0.4) is 0 Å². The summed E-state index contributed by atoms with van der Waals surface area (Å²) in [4.78, 5) is 49.8. The second-order valence-electron chi connectivity index (χ2n) is 15.3. The van der Waals surface area contributed by atoms with Gasteiger partial charge in [0.1, 0.15) is 23.7 Å². The average Bonchev–Trinajstić information content (AvgIpc) is 4.07. The lowest BCUT2D eigenvalue weighted by molar-refractivity contribution is -0.233. The van der Waals surface area contributed by atoms with Crippen LogP contribution in [0.15, 0.2) is 103 Å². The quantitative estimate of drug-likeness (QED) is 0.0995. The van der Waals surface area contributed by atoms with Crippen molar-refractivity contribution < 1.29 is 23.9 Å². The highest BCUT2D eigenvalue weighted by Gasteiger charge is 2.35. The first-order chi connectivity index (χ1) is 28.2. The van der Waals surface area contributed by atoms with Gasteiger partial charge in [0, 0.05) is 18.7 Å². The Kier molecular flexibility index (Phi) is 11.6. The molecule has 2 fully saturated rings. The van der Waals surface area contributed by atoms with E-state index < -0.39 is 12.1 Å². The van der Waals surface area contributed by atoms with Gasteiger partial charge in [-0.3, -0.25) is 9.63 Å². The van der Waals surface area contributed by atoms with Crippen molar-refractivity contribution in [1.29, 1.82) is 0 Å². The van der Waals surface area contributed by atoms with Crippen molar-refractivity contribution in [1.82, 2.24) is 35.2 Å². The van der Waals surface area contributed by atoms with Crippen LogP contribution >= 0.6 is 0 Å². The molecule has 58 heavy (non-hydrogen) atoms. The number of methoxy groups -OCH3 is 1. The summed E-state index contributed by atoms with van der Waals surface area (Å²) in [6.07, 6.45) is 4.97. The van der Waals surface area contributed by atoms with Crippen LogP contribution in [0, 0.1) is 5.92 Å². The zero-order valence-electron chi connectivity index (χ0n) is 33.1. The van der Waals surface area contributed by atoms with Gasteiger partial charge >= 0.3 is 6.09 Å². The van der Waals surface area contributed by atoms with E-state index in [2.05, 4.69) is 75.9 Å². The zero-order valence-corrected chi connectivity index (χ0v) is 33.1. The Hall–Kier alpha value is -5.86. The van der Waals surface area contributed by atoms with Crippen molar-refractivity contribution in [3.63, 3.8) is 0 Å². The van der Waals surface area contributed by atoms with E-state index in [1.165, 1.54) is 7.11 Å². The fourth-order valence-corrected chi connectivity index (χ4v) is 7.78. The number of hydrogen-bond acceptors (Lipinski definition) is 9. The maximum atomic E-state index is 13.4. The van der Waals surface area contributed by atoms with Gasteiger partial charge in [0.15, 0.2) is 0 Å². The van der Waals surface area contributed by atoms with Crippen LogP contribution in [0.5, 0.6) is 0 Å². The number of aromatic nitrogens is 4. The first-order valence-electron chi connectivity index (χ1n) is 19.9. The predicted molar refractivity (Wildman–Crippen MR) is 222 cm³/mol. The highest BCUT2D eigenvalue weighted by atomic mass is 16.7. The van der Waals surface area contributed by atoms with Gasteiger partial charge in [-0.05, 0) is 63.9 Å². The number of rotatable bonds is 12. The average molecular weight is 783 g/mol. The number of nitrogens with one attached hydrogen (secondary N) is 3. The van der Waals surface area contributed by atoms with Crippen LogP contribution < -0.4 is 11.1 Å². The Morgan fingerprint density at radius 1 is 0.845 bits per heavy atom. The van der Waals surface area contributed by atoms with Gasteiger partial charge < -0.3 is 35.4 Å². The minimum Gasteiger partial charge on any atom is -0.453 e. The lowest BCUT2D eigenvalue weighted by Crippen LogP contribution is -2.46. The van der Waals surface area contributed by atoms with E-state index in [9.17, 15) is 9.59 Å². The number of alkyl carbamates (subject to hydrolysis) is 1. The number of carbonyl (C=O) groups is 2. The highest BCUT2D eigenvalue weighted by molar-refractivity contribution is 5.90. The third-order valence-electron chi connectivity index (χ3n) is 11.3. The fraction of sp³-hybridized carbons (Fsp3) is 0.333. The minimum atomic E-state index is -0.699. The number of carbonyl (C=O) groups excluding carboxylic acids is 2. The molecule has 0 aliphatic carbocycles. The van der Waals surface area contributed by atoms with Crippen molar-refractivity contribution in [3.05, 3.63) is 121 Å². The Morgan fingerprint density at radius 3 is 2.19 bits per heavy atom. The van der Waals surface area contributed by atoms with E-state index in [-0.39, 0.29) is 30.0 Å². The maximum Gasteiger partial charge on any atom is 0.407 e. The third kappa shape index (κ3) is 8.39. The number of hydrogen-bond donors (Lipinski definition) is 4. The molecular weight excluding hydrogens is 733 g/mol. The van der Waals surface area contributed by atoms with Crippen LogP contribution in [0.1, 0.15) is 62.0 Å². The number of amides is 2. The van der Waals surface area contributed by atoms with Crippen LogP contribution in [0.25, 0.3) is 44.4 Å². The van der Waals surface area contributed by atoms with Crippen molar-refractivity contribution in [2.45, 2.75) is 50.9 Å². The monoisotopic (exact) mass is 782 g/mol. The number of nitrogens with zero attached hydrogens (tertiary/aromatic N) is 4. The maximum absolute atomic E-state index is 13.4. The van der Waals surface area contributed by atoms with Gasteiger partial charge in [0.05, 0.1) is 62.8 Å². The summed E-state index contributed by atoms with van der Waals surface area (Å²) >= 11 is 0. The Morgan fingerprint density at radius 2 is 1.48 bits per heavy atom. The topological polar surface area (TPSA) is 164 Å². The molecular formula is C45H50N8O5. The SMILES string of the molecule is COC(=O)N[C@H](CON1CCOC[C@H]1c1ncc(-c2ccc3cc(-c4ccc(-c5cnc([C@@H]6CCCN6C(=O)[C@H](N)c6ccccc6)[nH]5)cc4)ccc3c2)[nH]1)C(C)C. The number of imidazole rings is 2. The van der Waals surface area contributed by atoms with Crippen molar-refractivity contribution in [2.75, 3.05) is 40.0 Å². The van der Waals surface area contributed by atoms with Gasteiger partial charge in [0.25, 0.3) is 0 Å². The molecule has 0 radical (unpaired) electrons. The number of H-pyrrole nitrogens is 2. The van der Waals surface area contributed by atoms with Gasteiger partial charge in [-0.2, -0.15) is 5.06 Å². The first-order valence-corrected chi connectivity index (χ1v) is 19.9. The molecule has 0 unspecified atom stereocenters.